The number of nitrogens with one attached hydrogen (secondary N) is 1. The van der Waals surface area contributed by atoms with E-state index < -0.39 is 22.8 Å². The molecule has 0 saturated heterocycles. The maximum atomic E-state index is 12.2. The Balaban J connectivity index is 2.12. The number of benzene rings is 2. The topological polar surface area (TPSA) is 119 Å². The summed E-state index contributed by atoms with van der Waals surface area (Å²) in [6.07, 6.45) is 0.0694. The zero-order valence-electron chi connectivity index (χ0n) is 13.3. The van der Waals surface area contributed by atoms with Crippen molar-refractivity contribution in [1.29, 1.82) is 0 Å². The minimum absolute atomic E-state index is 0.0233. The maximum absolute atomic E-state index is 12.2. The summed E-state index contributed by atoms with van der Waals surface area (Å²) in [7, 11) is 1.52. The monoisotopic (exact) mass is 344 g/mol. The zero-order chi connectivity index (χ0) is 18.4. The number of carbonyl (C=O) groups excluding carboxylic acids is 1. The highest BCUT2D eigenvalue weighted by atomic mass is 16.6. The Morgan fingerprint density at radius 2 is 1.92 bits per heavy atom. The number of carboxylic acid groups (broad SMARTS) is 1. The van der Waals surface area contributed by atoms with Gasteiger partial charge in [0.1, 0.15) is 11.8 Å². The molecule has 0 saturated carbocycles. The summed E-state index contributed by atoms with van der Waals surface area (Å²) in [6, 6.07) is 10.7. The Morgan fingerprint density at radius 3 is 2.48 bits per heavy atom. The highest BCUT2D eigenvalue weighted by Crippen LogP contribution is 2.15. The van der Waals surface area contributed by atoms with Crippen molar-refractivity contribution in [2.24, 2.45) is 0 Å². The molecule has 8 heteroatoms. The molecule has 0 unspecified atom stereocenters. The molecule has 0 aromatic heterocycles. The minimum atomic E-state index is -1.20. The zero-order valence-corrected chi connectivity index (χ0v) is 13.3. The van der Waals surface area contributed by atoms with Gasteiger partial charge in [-0.25, -0.2) is 4.79 Å². The Bertz CT molecular complexity index is 788. The van der Waals surface area contributed by atoms with Crippen LogP contribution in [0.5, 0.6) is 5.75 Å². The average molecular weight is 344 g/mol. The van der Waals surface area contributed by atoms with Crippen molar-refractivity contribution in [2.75, 3.05) is 7.11 Å². The van der Waals surface area contributed by atoms with Crippen LogP contribution < -0.4 is 10.1 Å². The van der Waals surface area contributed by atoms with E-state index in [1.807, 2.05) is 0 Å². The second-order valence-corrected chi connectivity index (χ2v) is 5.22. The van der Waals surface area contributed by atoms with Crippen LogP contribution in [-0.2, 0) is 11.2 Å². The van der Waals surface area contributed by atoms with Gasteiger partial charge in [0, 0.05) is 24.1 Å². The van der Waals surface area contributed by atoms with Gasteiger partial charge in [-0.2, -0.15) is 0 Å². The lowest BCUT2D eigenvalue weighted by molar-refractivity contribution is -0.384. The molecule has 8 nitrogen and oxygen atoms in total. The number of hydrogen-bond donors (Lipinski definition) is 2. The molecule has 130 valence electrons. The number of aliphatic carboxylic acids is 1. The number of carboxylic acids is 1. The van der Waals surface area contributed by atoms with Gasteiger partial charge in [-0.15, -0.1) is 0 Å². The van der Waals surface area contributed by atoms with Crippen LogP contribution in [0.2, 0.25) is 0 Å². The summed E-state index contributed by atoms with van der Waals surface area (Å²) in [5.41, 5.74) is 0.484. The van der Waals surface area contributed by atoms with E-state index in [-0.39, 0.29) is 17.7 Å². The third kappa shape index (κ3) is 4.77. The Labute approximate surface area is 143 Å². The summed E-state index contributed by atoms with van der Waals surface area (Å²) in [6.45, 7) is 0. The van der Waals surface area contributed by atoms with E-state index in [1.54, 1.807) is 24.3 Å². The van der Waals surface area contributed by atoms with Crippen LogP contribution in [0.3, 0.4) is 0 Å². The maximum Gasteiger partial charge on any atom is 0.326 e. The molecule has 0 spiro atoms. The number of carbonyl (C=O) groups is 2. The number of rotatable bonds is 7. The summed E-state index contributed by atoms with van der Waals surface area (Å²) >= 11 is 0. The van der Waals surface area contributed by atoms with Crippen LogP contribution in [0.1, 0.15) is 15.9 Å². The first-order valence-corrected chi connectivity index (χ1v) is 7.31. The second kappa shape index (κ2) is 7.91. The molecular weight excluding hydrogens is 328 g/mol. The highest BCUT2D eigenvalue weighted by molar-refractivity contribution is 5.97. The predicted molar refractivity (Wildman–Crippen MR) is 88.7 cm³/mol. The number of ether oxygens (including phenoxy) is 1. The van der Waals surface area contributed by atoms with E-state index in [1.165, 1.54) is 25.3 Å². The van der Waals surface area contributed by atoms with Crippen LogP contribution in [0.15, 0.2) is 48.5 Å². The van der Waals surface area contributed by atoms with Crippen LogP contribution in [0.4, 0.5) is 5.69 Å². The van der Waals surface area contributed by atoms with Crippen LogP contribution >= 0.6 is 0 Å². The van der Waals surface area contributed by atoms with Crippen LogP contribution in [-0.4, -0.2) is 35.1 Å². The molecule has 1 amide bonds. The summed E-state index contributed by atoms with van der Waals surface area (Å²) in [4.78, 5) is 33.8. The Morgan fingerprint density at radius 1 is 1.24 bits per heavy atom. The molecule has 0 radical (unpaired) electrons. The fourth-order valence-corrected chi connectivity index (χ4v) is 2.20. The van der Waals surface area contributed by atoms with E-state index in [0.717, 1.165) is 6.07 Å². The Kier molecular flexibility index (Phi) is 5.67. The fraction of sp³-hybridized carbons (Fsp3) is 0.176. The first kappa shape index (κ1) is 17.9. The molecule has 0 heterocycles. The number of hydrogen-bond acceptors (Lipinski definition) is 5. The summed E-state index contributed by atoms with van der Waals surface area (Å²) in [5.74, 6) is -1.25. The van der Waals surface area contributed by atoms with Gasteiger partial charge < -0.3 is 15.2 Å². The van der Waals surface area contributed by atoms with Gasteiger partial charge >= 0.3 is 5.97 Å². The first-order chi connectivity index (χ1) is 11.9. The van der Waals surface area contributed by atoms with E-state index in [2.05, 4.69) is 5.32 Å². The van der Waals surface area contributed by atoms with Crippen molar-refractivity contribution < 1.29 is 24.4 Å². The molecule has 0 aliphatic carbocycles. The van der Waals surface area contributed by atoms with Gasteiger partial charge in [0.25, 0.3) is 11.6 Å². The average Bonchev–Trinajstić information content (AvgIpc) is 2.61. The molecule has 0 aliphatic heterocycles. The molecule has 1 atom stereocenters. The quantitative estimate of drug-likeness (QED) is 0.586. The first-order valence-electron chi connectivity index (χ1n) is 7.31. The number of amides is 1. The predicted octanol–water partition coefficient (Wildman–Crippen LogP) is 2.03. The lowest BCUT2D eigenvalue weighted by atomic mass is 10.1. The van der Waals surface area contributed by atoms with Gasteiger partial charge in [0.2, 0.25) is 0 Å². The van der Waals surface area contributed by atoms with Crippen molar-refractivity contribution in [3.8, 4) is 5.75 Å². The SMILES string of the molecule is COc1ccc(C[C@H](NC(=O)c2cccc([N+](=O)[O-])c2)C(=O)O)cc1. The van der Waals surface area contributed by atoms with Gasteiger partial charge in [0.05, 0.1) is 12.0 Å². The van der Waals surface area contributed by atoms with Crippen molar-refractivity contribution in [3.63, 3.8) is 0 Å². The number of nitro benzene ring substituents is 1. The van der Waals surface area contributed by atoms with Gasteiger partial charge in [-0.05, 0) is 23.8 Å². The molecule has 2 N–H and O–H groups in total. The summed E-state index contributed by atoms with van der Waals surface area (Å²) < 4.78 is 5.03. The molecular formula is C17H16N2O6. The third-order valence-electron chi connectivity index (χ3n) is 3.52. The van der Waals surface area contributed by atoms with Crippen LogP contribution in [0.25, 0.3) is 0 Å². The third-order valence-corrected chi connectivity index (χ3v) is 3.52. The van der Waals surface area contributed by atoms with Crippen molar-refractivity contribution >= 4 is 17.6 Å². The normalized spacial score (nSPS) is 11.4. The minimum Gasteiger partial charge on any atom is -0.497 e. The molecule has 2 rings (SSSR count). The number of non-ortho nitro benzene ring substituents is 1. The molecule has 2 aromatic carbocycles. The largest absolute Gasteiger partial charge is 0.497 e. The molecule has 2 aromatic rings. The number of nitrogens with zero attached hydrogens (tertiary/aromatic N) is 1. The van der Waals surface area contributed by atoms with E-state index in [4.69, 9.17) is 4.74 Å². The van der Waals surface area contributed by atoms with Crippen molar-refractivity contribution in [2.45, 2.75) is 12.5 Å². The van der Waals surface area contributed by atoms with Gasteiger partial charge in [-0.1, -0.05) is 18.2 Å². The highest BCUT2D eigenvalue weighted by Gasteiger charge is 2.22. The van der Waals surface area contributed by atoms with E-state index >= 15 is 0 Å². The molecule has 25 heavy (non-hydrogen) atoms. The lowest BCUT2D eigenvalue weighted by Gasteiger charge is -2.15. The standard InChI is InChI=1S/C17H16N2O6/c1-25-14-7-5-11(6-8-14)9-15(17(21)22)18-16(20)12-3-2-4-13(10-12)19(23)24/h2-8,10,15H,9H2,1H3,(H,18,20)(H,21,22)/t15-/m0/s1. The molecule has 0 aliphatic rings. The molecule has 0 bridgehead atoms. The van der Waals surface area contributed by atoms with Gasteiger partial charge in [0.15, 0.2) is 0 Å². The van der Waals surface area contributed by atoms with Crippen molar-refractivity contribution in [1.82, 2.24) is 5.32 Å². The molecule has 0 fully saturated rings. The second-order valence-electron chi connectivity index (χ2n) is 5.22. The number of nitro groups is 1. The van der Waals surface area contributed by atoms with Gasteiger partial charge in [-0.3, -0.25) is 14.9 Å². The number of methoxy groups -OCH3 is 1. The lowest BCUT2D eigenvalue weighted by Crippen LogP contribution is -2.42. The van der Waals surface area contributed by atoms with Crippen LogP contribution in [0, 0.1) is 10.1 Å². The summed E-state index contributed by atoms with van der Waals surface area (Å²) in [5, 5.41) is 22.5. The van der Waals surface area contributed by atoms with E-state index in [9.17, 15) is 24.8 Å². The smallest absolute Gasteiger partial charge is 0.326 e. The van der Waals surface area contributed by atoms with Crippen molar-refractivity contribution in [3.05, 3.63) is 69.8 Å². The van der Waals surface area contributed by atoms with E-state index in [0.29, 0.717) is 11.3 Å². The Hall–Kier alpha value is -3.42. The fourth-order valence-electron chi connectivity index (χ4n) is 2.20.